The first-order valence-corrected chi connectivity index (χ1v) is 5.31. The van der Waals surface area contributed by atoms with Crippen molar-refractivity contribution in [2.45, 2.75) is 64.5 Å². The molecule has 0 saturated heterocycles. The van der Waals surface area contributed by atoms with Crippen molar-refractivity contribution in [1.29, 1.82) is 0 Å². The van der Waals surface area contributed by atoms with E-state index in [9.17, 15) is 0 Å². The molecule has 1 rings (SSSR count). The van der Waals surface area contributed by atoms with Gasteiger partial charge < -0.3 is 0 Å². The van der Waals surface area contributed by atoms with Gasteiger partial charge in [0.25, 0.3) is 0 Å². The van der Waals surface area contributed by atoms with Crippen molar-refractivity contribution in [3.63, 3.8) is 0 Å². The van der Waals surface area contributed by atoms with E-state index in [0.717, 1.165) is 6.04 Å². The van der Waals surface area contributed by atoms with Crippen LogP contribution in [0.4, 0.5) is 0 Å². The summed E-state index contributed by atoms with van der Waals surface area (Å²) in [5.41, 5.74) is 0.417. The van der Waals surface area contributed by atoms with E-state index in [1.807, 2.05) is 0 Å². The second-order valence-corrected chi connectivity index (χ2v) is 4.76. The summed E-state index contributed by atoms with van der Waals surface area (Å²) in [6.45, 7) is 7.01. The van der Waals surface area contributed by atoms with Gasteiger partial charge in [-0.15, -0.1) is 0 Å². The van der Waals surface area contributed by atoms with Gasteiger partial charge in [-0.25, -0.2) is 0 Å². The maximum atomic E-state index is 2.58. The Labute approximate surface area is 77.1 Å². The number of rotatable bonds is 4. The van der Waals surface area contributed by atoms with Crippen molar-refractivity contribution in [3.05, 3.63) is 0 Å². The molecule has 0 atom stereocenters. The highest BCUT2D eigenvalue weighted by molar-refractivity contribution is 4.87. The van der Waals surface area contributed by atoms with Crippen LogP contribution in [-0.2, 0) is 0 Å². The van der Waals surface area contributed by atoms with Gasteiger partial charge in [0.1, 0.15) is 0 Å². The van der Waals surface area contributed by atoms with Crippen LogP contribution in [0.3, 0.4) is 0 Å². The molecule has 0 aromatic heterocycles. The van der Waals surface area contributed by atoms with Crippen molar-refractivity contribution in [1.82, 2.24) is 4.90 Å². The van der Waals surface area contributed by atoms with Crippen LogP contribution in [0.5, 0.6) is 0 Å². The summed E-state index contributed by atoms with van der Waals surface area (Å²) in [6, 6.07) is 0.881. The molecular weight excluding hydrogens is 146 g/mol. The molecule has 0 unspecified atom stereocenters. The molecule has 0 radical (unpaired) electrons. The Morgan fingerprint density at radius 2 is 1.92 bits per heavy atom. The van der Waals surface area contributed by atoms with Gasteiger partial charge >= 0.3 is 0 Å². The molecule has 1 aliphatic carbocycles. The minimum absolute atomic E-state index is 0.417. The molecule has 0 aromatic rings. The van der Waals surface area contributed by atoms with E-state index in [0.29, 0.717) is 5.54 Å². The summed E-state index contributed by atoms with van der Waals surface area (Å²) in [5, 5.41) is 0. The van der Waals surface area contributed by atoms with E-state index in [1.165, 1.54) is 32.1 Å². The maximum absolute atomic E-state index is 2.58. The largest absolute Gasteiger partial charge is 0.298 e. The zero-order valence-electron chi connectivity index (χ0n) is 9.06. The highest BCUT2D eigenvalue weighted by Crippen LogP contribution is 2.31. The molecule has 1 nitrogen and oxygen atoms in total. The lowest BCUT2D eigenvalue weighted by Gasteiger charge is -2.45. The summed E-state index contributed by atoms with van der Waals surface area (Å²) in [6.07, 6.45) is 6.90. The molecule has 1 heteroatoms. The third kappa shape index (κ3) is 2.01. The molecule has 0 spiro atoms. The lowest BCUT2D eigenvalue weighted by Crippen LogP contribution is -2.49. The minimum atomic E-state index is 0.417. The molecule has 0 N–H and O–H groups in total. The first-order valence-electron chi connectivity index (χ1n) is 5.31. The summed E-state index contributed by atoms with van der Waals surface area (Å²) in [7, 11) is 2.29. The molecule has 0 heterocycles. The van der Waals surface area contributed by atoms with Crippen LogP contribution < -0.4 is 0 Å². The van der Waals surface area contributed by atoms with E-state index in [4.69, 9.17) is 0 Å². The van der Waals surface area contributed by atoms with Crippen molar-refractivity contribution in [3.8, 4) is 0 Å². The lowest BCUT2D eigenvalue weighted by atomic mass is 9.86. The van der Waals surface area contributed by atoms with Gasteiger partial charge in [-0.1, -0.05) is 19.8 Å². The van der Waals surface area contributed by atoms with Crippen LogP contribution in [0.25, 0.3) is 0 Å². The topological polar surface area (TPSA) is 3.24 Å². The number of hydrogen-bond donors (Lipinski definition) is 0. The zero-order chi connectivity index (χ0) is 9.19. The van der Waals surface area contributed by atoms with Crippen molar-refractivity contribution < 1.29 is 0 Å². The summed E-state index contributed by atoms with van der Waals surface area (Å²) in [4.78, 5) is 2.58. The average molecular weight is 169 g/mol. The third-order valence-electron chi connectivity index (χ3n) is 3.44. The van der Waals surface area contributed by atoms with E-state index in [2.05, 4.69) is 32.7 Å². The van der Waals surface area contributed by atoms with Crippen LogP contribution >= 0.6 is 0 Å². The fraction of sp³-hybridized carbons (Fsp3) is 1.00. The minimum Gasteiger partial charge on any atom is -0.298 e. The van der Waals surface area contributed by atoms with E-state index >= 15 is 0 Å². The number of hydrogen-bond acceptors (Lipinski definition) is 1. The molecule has 0 bridgehead atoms. The Bertz CT molecular complexity index is 136. The van der Waals surface area contributed by atoms with Gasteiger partial charge in [-0.3, -0.25) is 4.90 Å². The molecule has 0 amide bonds. The lowest BCUT2D eigenvalue weighted by molar-refractivity contribution is 0.0504. The van der Waals surface area contributed by atoms with Gasteiger partial charge in [-0.05, 0) is 40.2 Å². The fourth-order valence-corrected chi connectivity index (χ4v) is 2.06. The van der Waals surface area contributed by atoms with Gasteiger partial charge in [-0.2, -0.15) is 0 Å². The van der Waals surface area contributed by atoms with Gasteiger partial charge in [0.05, 0.1) is 0 Å². The van der Waals surface area contributed by atoms with E-state index in [1.54, 1.807) is 0 Å². The molecule has 0 aromatic carbocycles. The van der Waals surface area contributed by atoms with Crippen molar-refractivity contribution in [2.75, 3.05) is 7.05 Å². The second-order valence-electron chi connectivity index (χ2n) is 4.76. The van der Waals surface area contributed by atoms with Gasteiger partial charge in [0.2, 0.25) is 0 Å². The standard InChI is InChI=1S/C11H23N/c1-5-9-11(2,3)12(4)10-7-6-8-10/h10H,5-9H2,1-4H3. The first kappa shape index (κ1) is 10.0. The Morgan fingerprint density at radius 1 is 1.33 bits per heavy atom. The quantitative estimate of drug-likeness (QED) is 0.625. The molecule has 1 aliphatic rings. The smallest absolute Gasteiger partial charge is 0.0153 e. The Kier molecular flexibility index (Phi) is 3.16. The van der Waals surface area contributed by atoms with Crippen LogP contribution in [0.2, 0.25) is 0 Å². The van der Waals surface area contributed by atoms with Crippen LogP contribution in [0, 0.1) is 0 Å². The normalized spacial score (nSPS) is 19.8. The Hall–Kier alpha value is -0.0400. The third-order valence-corrected chi connectivity index (χ3v) is 3.44. The monoisotopic (exact) mass is 169 g/mol. The molecule has 0 aliphatic heterocycles. The molecular formula is C11H23N. The SMILES string of the molecule is CCCC(C)(C)N(C)C1CCC1. The summed E-state index contributed by atoms with van der Waals surface area (Å²) in [5.74, 6) is 0. The predicted molar refractivity (Wildman–Crippen MR) is 54.4 cm³/mol. The van der Waals surface area contributed by atoms with Gasteiger partial charge in [0, 0.05) is 11.6 Å². The van der Waals surface area contributed by atoms with E-state index in [-0.39, 0.29) is 0 Å². The summed E-state index contributed by atoms with van der Waals surface area (Å²) >= 11 is 0. The number of nitrogens with zero attached hydrogens (tertiary/aromatic N) is 1. The predicted octanol–water partition coefficient (Wildman–Crippen LogP) is 3.05. The second kappa shape index (κ2) is 3.78. The van der Waals surface area contributed by atoms with Crippen LogP contribution in [0.15, 0.2) is 0 Å². The molecule has 12 heavy (non-hydrogen) atoms. The zero-order valence-corrected chi connectivity index (χ0v) is 9.06. The Balaban J connectivity index is 2.41. The van der Waals surface area contributed by atoms with Gasteiger partial charge in [0.15, 0.2) is 0 Å². The Morgan fingerprint density at radius 3 is 2.25 bits per heavy atom. The van der Waals surface area contributed by atoms with Crippen LogP contribution in [-0.4, -0.2) is 23.5 Å². The fourth-order valence-electron chi connectivity index (χ4n) is 2.06. The summed E-state index contributed by atoms with van der Waals surface area (Å²) < 4.78 is 0. The molecule has 1 fully saturated rings. The molecule has 72 valence electrons. The maximum Gasteiger partial charge on any atom is 0.0153 e. The molecule has 1 saturated carbocycles. The van der Waals surface area contributed by atoms with E-state index < -0.39 is 0 Å². The first-order chi connectivity index (χ1) is 5.58. The van der Waals surface area contributed by atoms with Crippen molar-refractivity contribution >= 4 is 0 Å². The van der Waals surface area contributed by atoms with Crippen LogP contribution in [0.1, 0.15) is 52.9 Å². The van der Waals surface area contributed by atoms with Crippen molar-refractivity contribution in [2.24, 2.45) is 0 Å². The highest BCUT2D eigenvalue weighted by atomic mass is 15.2. The highest BCUT2D eigenvalue weighted by Gasteiger charge is 2.31. The average Bonchev–Trinajstić information content (AvgIpc) is 1.83.